The molecule has 1 aromatic heterocycles. The molecule has 0 fully saturated rings. The van der Waals surface area contributed by atoms with Crippen molar-refractivity contribution in [3.05, 3.63) is 71.4 Å². The predicted molar refractivity (Wildman–Crippen MR) is 94.7 cm³/mol. The zero-order valence-electron chi connectivity index (χ0n) is 13.8. The van der Waals surface area contributed by atoms with Crippen molar-refractivity contribution in [1.82, 2.24) is 4.98 Å². The van der Waals surface area contributed by atoms with Gasteiger partial charge in [-0.25, -0.2) is 0 Å². The van der Waals surface area contributed by atoms with Crippen LogP contribution in [0.15, 0.2) is 59.0 Å². The van der Waals surface area contributed by atoms with Gasteiger partial charge in [0.25, 0.3) is 0 Å². The van der Waals surface area contributed by atoms with Gasteiger partial charge in [-0.3, -0.25) is 0 Å². The summed E-state index contributed by atoms with van der Waals surface area (Å²) < 4.78 is 5.76. The van der Waals surface area contributed by atoms with Crippen LogP contribution in [0.1, 0.15) is 29.7 Å². The molecule has 24 heavy (non-hydrogen) atoms. The highest BCUT2D eigenvalue weighted by Gasteiger charge is 2.16. The van der Waals surface area contributed by atoms with E-state index < -0.39 is 0 Å². The first-order chi connectivity index (χ1) is 11.7. The lowest BCUT2D eigenvalue weighted by molar-refractivity contribution is 0.581. The predicted octanol–water partition coefficient (Wildman–Crippen LogP) is 4.74. The van der Waals surface area contributed by atoms with Gasteiger partial charge < -0.3 is 9.73 Å². The van der Waals surface area contributed by atoms with Gasteiger partial charge in [0.15, 0.2) is 0 Å². The molecule has 3 aromatic rings. The molecule has 1 heterocycles. The van der Waals surface area contributed by atoms with E-state index in [1.54, 1.807) is 0 Å². The molecule has 1 unspecified atom stereocenters. The number of benzene rings is 2. The zero-order valence-corrected chi connectivity index (χ0v) is 13.8. The number of nitrogens with zero attached hydrogens (tertiary/aromatic N) is 2. The minimum absolute atomic E-state index is 0.283. The Balaban J connectivity index is 1.77. The Morgan fingerprint density at radius 2 is 1.83 bits per heavy atom. The van der Waals surface area contributed by atoms with Crippen LogP contribution in [0.2, 0.25) is 0 Å². The van der Waals surface area contributed by atoms with Crippen LogP contribution >= 0.6 is 0 Å². The number of oxazole rings is 1. The van der Waals surface area contributed by atoms with Crippen LogP contribution in [0.4, 0.5) is 5.88 Å². The molecule has 1 atom stereocenters. The van der Waals surface area contributed by atoms with Gasteiger partial charge in [0.2, 0.25) is 17.5 Å². The molecule has 3 rings (SSSR count). The molecule has 0 saturated carbocycles. The third-order valence-corrected chi connectivity index (χ3v) is 4.04. The summed E-state index contributed by atoms with van der Waals surface area (Å²) in [6, 6.07) is 20.0. The highest BCUT2D eigenvalue weighted by molar-refractivity contribution is 5.58. The zero-order chi connectivity index (χ0) is 16.9. The molecule has 120 valence electrons. The number of hydrogen-bond acceptors (Lipinski definition) is 4. The Hall–Kier alpha value is -3.06. The van der Waals surface area contributed by atoms with Gasteiger partial charge in [0.1, 0.15) is 6.07 Å². The van der Waals surface area contributed by atoms with Crippen molar-refractivity contribution in [3.63, 3.8) is 0 Å². The summed E-state index contributed by atoms with van der Waals surface area (Å²) >= 11 is 0. The summed E-state index contributed by atoms with van der Waals surface area (Å²) in [4.78, 5) is 4.28. The Labute approximate surface area is 141 Å². The van der Waals surface area contributed by atoms with Gasteiger partial charge in [-0.05, 0) is 36.1 Å². The Morgan fingerprint density at radius 1 is 1.12 bits per heavy atom. The van der Waals surface area contributed by atoms with Crippen LogP contribution in [0.25, 0.3) is 11.5 Å². The maximum absolute atomic E-state index is 9.29. The van der Waals surface area contributed by atoms with Crippen LogP contribution < -0.4 is 5.32 Å². The summed E-state index contributed by atoms with van der Waals surface area (Å²) in [5, 5.41) is 12.5. The second kappa shape index (κ2) is 7.01. The van der Waals surface area contributed by atoms with Crippen molar-refractivity contribution in [2.24, 2.45) is 0 Å². The van der Waals surface area contributed by atoms with Gasteiger partial charge in [-0.2, -0.15) is 10.2 Å². The molecule has 0 amide bonds. The lowest BCUT2D eigenvalue weighted by Gasteiger charge is -2.15. The van der Waals surface area contributed by atoms with Crippen molar-refractivity contribution in [1.29, 1.82) is 5.26 Å². The van der Waals surface area contributed by atoms with Crippen molar-refractivity contribution in [2.75, 3.05) is 11.9 Å². The molecule has 0 aliphatic heterocycles. The average Bonchev–Trinajstić information content (AvgIpc) is 3.04. The van der Waals surface area contributed by atoms with Gasteiger partial charge in [-0.1, -0.05) is 49.4 Å². The molecule has 0 spiro atoms. The highest BCUT2D eigenvalue weighted by atomic mass is 16.4. The topological polar surface area (TPSA) is 61.9 Å². The quantitative estimate of drug-likeness (QED) is 0.738. The monoisotopic (exact) mass is 317 g/mol. The molecule has 0 aliphatic rings. The second-order valence-corrected chi connectivity index (χ2v) is 5.81. The van der Waals surface area contributed by atoms with E-state index in [1.807, 2.05) is 42.5 Å². The summed E-state index contributed by atoms with van der Waals surface area (Å²) in [5.74, 6) is 1.18. The van der Waals surface area contributed by atoms with Gasteiger partial charge in [-0.15, -0.1) is 0 Å². The number of nitriles is 1. The maximum atomic E-state index is 9.29. The number of nitrogens with one attached hydrogen (secondary N) is 1. The maximum Gasteiger partial charge on any atom is 0.232 e. The third-order valence-electron chi connectivity index (χ3n) is 4.04. The highest BCUT2D eigenvalue weighted by Crippen LogP contribution is 2.26. The SMILES string of the molecule is Cc1ccccc1C(C)CNc1oc(-c2ccccc2)nc1C#N. The number of hydrogen-bond donors (Lipinski definition) is 1. The third kappa shape index (κ3) is 3.31. The summed E-state index contributed by atoms with van der Waals surface area (Å²) in [6.07, 6.45) is 0. The van der Waals surface area contributed by atoms with E-state index in [0.717, 1.165) is 5.56 Å². The van der Waals surface area contributed by atoms with E-state index in [-0.39, 0.29) is 5.69 Å². The fourth-order valence-corrected chi connectivity index (χ4v) is 2.72. The van der Waals surface area contributed by atoms with E-state index in [0.29, 0.717) is 24.2 Å². The van der Waals surface area contributed by atoms with Gasteiger partial charge >= 0.3 is 0 Å². The van der Waals surface area contributed by atoms with Crippen LogP contribution in [0, 0.1) is 18.3 Å². The first-order valence-corrected chi connectivity index (χ1v) is 7.94. The standard InChI is InChI=1S/C20H19N3O/c1-14-8-6-7-11-17(14)15(2)13-22-20-18(12-21)23-19(24-20)16-9-4-3-5-10-16/h3-11,15,22H,13H2,1-2H3. The lowest BCUT2D eigenvalue weighted by Crippen LogP contribution is -2.11. The van der Waals surface area contributed by atoms with Crippen molar-refractivity contribution in [3.8, 4) is 17.5 Å². The van der Waals surface area contributed by atoms with E-state index in [1.165, 1.54) is 11.1 Å². The summed E-state index contributed by atoms with van der Waals surface area (Å²) in [6.45, 7) is 4.92. The first kappa shape index (κ1) is 15.8. The second-order valence-electron chi connectivity index (χ2n) is 5.81. The molecule has 0 radical (unpaired) electrons. The normalized spacial score (nSPS) is 11.7. The molecular weight excluding hydrogens is 298 g/mol. The van der Waals surface area contributed by atoms with Crippen molar-refractivity contribution in [2.45, 2.75) is 19.8 Å². The lowest BCUT2D eigenvalue weighted by atomic mass is 9.96. The minimum Gasteiger partial charge on any atom is -0.419 e. The average molecular weight is 317 g/mol. The molecule has 0 aliphatic carbocycles. The minimum atomic E-state index is 0.283. The van der Waals surface area contributed by atoms with E-state index in [2.05, 4.69) is 42.4 Å². The fourth-order valence-electron chi connectivity index (χ4n) is 2.72. The summed E-state index contributed by atoms with van der Waals surface area (Å²) in [7, 11) is 0. The molecule has 2 aromatic carbocycles. The fraction of sp³-hybridized carbons (Fsp3) is 0.200. The number of anilines is 1. The smallest absolute Gasteiger partial charge is 0.232 e. The van der Waals surface area contributed by atoms with E-state index in [9.17, 15) is 5.26 Å². The first-order valence-electron chi connectivity index (χ1n) is 7.94. The Morgan fingerprint density at radius 3 is 2.54 bits per heavy atom. The van der Waals surface area contributed by atoms with Crippen LogP contribution in [-0.2, 0) is 0 Å². The van der Waals surface area contributed by atoms with Crippen molar-refractivity contribution < 1.29 is 4.42 Å². The number of aromatic nitrogens is 1. The Kier molecular flexibility index (Phi) is 4.62. The molecule has 4 heteroatoms. The number of aryl methyl sites for hydroxylation is 1. The van der Waals surface area contributed by atoms with Gasteiger partial charge in [0, 0.05) is 12.1 Å². The molecule has 0 saturated heterocycles. The van der Waals surface area contributed by atoms with Crippen LogP contribution in [0.3, 0.4) is 0 Å². The van der Waals surface area contributed by atoms with Crippen LogP contribution in [-0.4, -0.2) is 11.5 Å². The van der Waals surface area contributed by atoms with Crippen molar-refractivity contribution >= 4 is 5.88 Å². The molecule has 0 bridgehead atoms. The Bertz CT molecular complexity index is 862. The molecular formula is C20H19N3O. The summed E-state index contributed by atoms with van der Waals surface area (Å²) in [5.41, 5.74) is 3.68. The largest absolute Gasteiger partial charge is 0.419 e. The van der Waals surface area contributed by atoms with E-state index in [4.69, 9.17) is 4.42 Å². The van der Waals surface area contributed by atoms with Gasteiger partial charge in [0.05, 0.1) is 0 Å². The number of rotatable bonds is 5. The molecule has 4 nitrogen and oxygen atoms in total. The van der Waals surface area contributed by atoms with E-state index >= 15 is 0 Å². The molecule has 1 N–H and O–H groups in total. The van der Waals surface area contributed by atoms with Crippen LogP contribution in [0.5, 0.6) is 0 Å².